The molecule has 0 bridgehead atoms. The first-order valence-corrected chi connectivity index (χ1v) is 5.49. The van der Waals surface area contributed by atoms with Gasteiger partial charge in [0.15, 0.2) is 0 Å². The standard InChI is InChI=1S/C12H19N/c1-9(2)10-5-3-7-12-11(10)6-4-8-13-12/h4,6,8-12H,3,5,7H2,1-2H3. The molecule has 72 valence electrons. The largest absolute Gasteiger partial charge is 0.289 e. The van der Waals surface area contributed by atoms with Gasteiger partial charge in [0, 0.05) is 12.1 Å². The highest BCUT2D eigenvalue weighted by atomic mass is 14.8. The summed E-state index contributed by atoms with van der Waals surface area (Å²) in [7, 11) is 0. The molecule has 1 saturated carbocycles. The summed E-state index contributed by atoms with van der Waals surface area (Å²) in [6, 6.07) is 0.603. The van der Waals surface area contributed by atoms with Gasteiger partial charge in [0.25, 0.3) is 0 Å². The first-order valence-electron chi connectivity index (χ1n) is 5.49. The monoisotopic (exact) mass is 177 g/mol. The minimum Gasteiger partial charge on any atom is -0.289 e. The Morgan fingerprint density at radius 1 is 1.31 bits per heavy atom. The van der Waals surface area contributed by atoms with E-state index in [-0.39, 0.29) is 0 Å². The third-order valence-electron chi connectivity index (χ3n) is 3.53. The van der Waals surface area contributed by atoms with Crippen LogP contribution in [0.3, 0.4) is 0 Å². The Kier molecular flexibility index (Phi) is 2.52. The van der Waals surface area contributed by atoms with Gasteiger partial charge >= 0.3 is 0 Å². The lowest BCUT2D eigenvalue weighted by molar-refractivity contribution is 0.193. The van der Waals surface area contributed by atoms with Crippen molar-refractivity contribution < 1.29 is 0 Å². The highest BCUT2D eigenvalue weighted by molar-refractivity contribution is 5.72. The maximum absolute atomic E-state index is 4.57. The van der Waals surface area contributed by atoms with Crippen molar-refractivity contribution in [1.82, 2.24) is 0 Å². The van der Waals surface area contributed by atoms with Crippen LogP contribution in [0.2, 0.25) is 0 Å². The smallest absolute Gasteiger partial charge is 0.0565 e. The third kappa shape index (κ3) is 1.70. The second-order valence-corrected chi connectivity index (χ2v) is 4.67. The highest BCUT2D eigenvalue weighted by Gasteiger charge is 2.33. The fourth-order valence-electron chi connectivity index (χ4n) is 2.79. The van der Waals surface area contributed by atoms with Crippen molar-refractivity contribution in [1.29, 1.82) is 0 Å². The van der Waals surface area contributed by atoms with Crippen LogP contribution in [-0.2, 0) is 0 Å². The number of hydrogen-bond donors (Lipinski definition) is 0. The average molecular weight is 177 g/mol. The van der Waals surface area contributed by atoms with Gasteiger partial charge in [-0.2, -0.15) is 0 Å². The van der Waals surface area contributed by atoms with E-state index in [4.69, 9.17) is 0 Å². The van der Waals surface area contributed by atoms with Gasteiger partial charge in [-0.1, -0.05) is 26.3 Å². The molecule has 0 aromatic rings. The zero-order chi connectivity index (χ0) is 9.26. The van der Waals surface area contributed by atoms with Crippen molar-refractivity contribution >= 4 is 6.21 Å². The Morgan fingerprint density at radius 2 is 2.15 bits per heavy atom. The summed E-state index contributed by atoms with van der Waals surface area (Å²) in [5, 5.41) is 0. The summed E-state index contributed by atoms with van der Waals surface area (Å²) >= 11 is 0. The Balaban J connectivity index is 2.13. The summed E-state index contributed by atoms with van der Waals surface area (Å²) in [4.78, 5) is 4.57. The quantitative estimate of drug-likeness (QED) is 0.583. The van der Waals surface area contributed by atoms with Gasteiger partial charge < -0.3 is 0 Å². The molecule has 1 heteroatoms. The van der Waals surface area contributed by atoms with Crippen LogP contribution in [0.25, 0.3) is 0 Å². The molecule has 1 heterocycles. The zero-order valence-corrected chi connectivity index (χ0v) is 8.61. The highest BCUT2D eigenvalue weighted by Crippen LogP contribution is 2.38. The molecular weight excluding hydrogens is 158 g/mol. The number of dihydropyridines is 1. The van der Waals surface area contributed by atoms with Crippen LogP contribution in [0.5, 0.6) is 0 Å². The molecule has 3 unspecified atom stereocenters. The first-order chi connectivity index (χ1) is 6.29. The Morgan fingerprint density at radius 3 is 2.92 bits per heavy atom. The third-order valence-corrected chi connectivity index (χ3v) is 3.53. The van der Waals surface area contributed by atoms with Crippen LogP contribution in [0, 0.1) is 17.8 Å². The second-order valence-electron chi connectivity index (χ2n) is 4.67. The van der Waals surface area contributed by atoms with Gasteiger partial charge in [0.05, 0.1) is 6.04 Å². The van der Waals surface area contributed by atoms with E-state index in [0.29, 0.717) is 6.04 Å². The van der Waals surface area contributed by atoms with Gasteiger partial charge in [0.2, 0.25) is 0 Å². The number of allylic oxidation sites excluding steroid dienone is 1. The minimum atomic E-state index is 0.603. The fourth-order valence-corrected chi connectivity index (χ4v) is 2.79. The van der Waals surface area contributed by atoms with E-state index >= 15 is 0 Å². The molecule has 0 amide bonds. The van der Waals surface area contributed by atoms with Crippen molar-refractivity contribution in [2.24, 2.45) is 22.7 Å². The van der Waals surface area contributed by atoms with E-state index in [1.54, 1.807) is 0 Å². The molecule has 13 heavy (non-hydrogen) atoms. The predicted molar refractivity (Wildman–Crippen MR) is 57.1 cm³/mol. The van der Waals surface area contributed by atoms with Crippen molar-refractivity contribution in [3.05, 3.63) is 12.2 Å². The maximum atomic E-state index is 4.57. The van der Waals surface area contributed by atoms with Crippen LogP contribution in [-0.4, -0.2) is 12.3 Å². The lowest BCUT2D eigenvalue weighted by Crippen LogP contribution is -2.34. The molecule has 0 aromatic carbocycles. The van der Waals surface area contributed by atoms with Crippen LogP contribution < -0.4 is 0 Å². The SMILES string of the molecule is CC(C)C1CCCC2N=CC=CC21. The molecule has 2 aliphatic rings. The number of hydrogen-bond acceptors (Lipinski definition) is 1. The van der Waals surface area contributed by atoms with E-state index < -0.39 is 0 Å². The summed E-state index contributed by atoms with van der Waals surface area (Å²) in [6.45, 7) is 4.69. The lowest BCUT2D eigenvalue weighted by Gasteiger charge is -2.38. The van der Waals surface area contributed by atoms with Crippen molar-refractivity contribution in [3.63, 3.8) is 0 Å². The second kappa shape index (κ2) is 3.65. The molecule has 1 nitrogen and oxygen atoms in total. The fraction of sp³-hybridized carbons (Fsp3) is 0.750. The summed E-state index contributed by atoms with van der Waals surface area (Å²) in [5.41, 5.74) is 0. The van der Waals surface area contributed by atoms with E-state index in [1.807, 2.05) is 6.21 Å². The zero-order valence-electron chi connectivity index (χ0n) is 8.61. The van der Waals surface area contributed by atoms with Gasteiger partial charge in [0.1, 0.15) is 0 Å². The van der Waals surface area contributed by atoms with Crippen LogP contribution in [0.1, 0.15) is 33.1 Å². The molecule has 1 aliphatic carbocycles. The molecule has 0 saturated heterocycles. The van der Waals surface area contributed by atoms with Crippen LogP contribution in [0.4, 0.5) is 0 Å². The van der Waals surface area contributed by atoms with Crippen LogP contribution in [0.15, 0.2) is 17.1 Å². The summed E-state index contributed by atoms with van der Waals surface area (Å²) in [6.07, 6.45) is 10.6. The maximum Gasteiger partial charge on any atom is 0.0565 e. The summed E-state index contributed by atoms with van der Waals surface area (Å²) in [5.74, 6) is 2.41. The van der Waals surface area contributed by atoms with Crippen molar-refractivity contribution in [2.75, 3.05) is 0 Å². The molecular formula is C12H19N. The Hall–Kier alpha value is -0.590. The van der Waals surface area contributed by atoms with E-state index in [9.17, 15) is 0 Å². The molecule has 0 spiro atoms. The van der Waals surface area contributed by atoms with Gasteiger partial charge in [-0.05, 0) is 30.8 Å². The van der Waals surface area contributed by atoms with Crippen molar-refractivity contribution in [3.8, 4) is 0 Å². The number of nitrogens with zero attached hydrogens (tertiary/aromatic N) is 1. The number of aliphatic imine (C=N–C) groups is 1. The minimum absolute atomic E-state index is 0.603. The molecule has 1 fully saturated rings. The molecule has 0 N–H and O–H groups in total. The average Bonchev–Trinajstić information content (AvgIpc) is 2.17. The van der Waals surface area contributed by atoms with E-state index in [1.165, 1.54) is 19.3 Å². The lowest BCUT2D eigenvalue weighted by atomic mass is 9.70. The van der Waals surface area contributed by atoms with Gasteiger partial charge in [-0.3, -0.25) is 4.99 Å². The van der Waals surface area contributed by atoms with E-state index in [0.717, 1.165) is 17.8 Å². The van der Waals surface area contributed by atoms with Gasteiger partial charge in [-0.15, -0.1) is 0 Å². The normalized spacial score (nSPS) is 37.9. The first kappa shape index (κ1) is 8.98. The molecule has 0 aromatic heterocycles. The van der Waals surface area contributed by atoms with Gasteiger partial charge in [-0.25, -0.2) is 0 Å². The van der Waals surface area contributed by atoms with Crippen molar-refractivity contribution in [2.45, 2.75) is 39.2 Å². The number of fused-ring (bicyclic) bond motifs is 1. The molecule has 3 atom stereocenters. The summed E-state index contributed by atoms with van der Waals surface area (Å²) < 4.78 is 0. The van der Waals surface area contributed by atoms with Crippen LogP contribution >= 0.6 is 0 Å². The predicted octanol–water partition coefficient (Wildman–Crippen LogP) is 3.07. The Labute approximate surface area is 80.9 Å². The Bertz CT molecular complexity index is 227. The van der Waals surface area contributed by atoms with E-state index in [2.05, 4.69) is 31.0 Å². The molecule has 1 aliphatic heterocycles. The molecule has 2 rings (SSSR count). The topological polar surface area (TPSA) is 12.4 Å². The molecule has 0 radical (unpaired) electrons. The number of rotatable bonds is 1.